The maximum atomic E-state index is 14.1. The number of piperidine rings is 4. The van der Waals surface area contributed by atoms with Crippen LogP contribution in [0.25, 0.3) is 10.9 Å². The van der Waals surface area contributed by atoms with Crippen molar-refractivity contribution in [1.29, 1.82) is 0 Å². The Bertz CT molecular complexity index is 2450. The fraction of sp³-hybridized carbons (Fsp3) is 0.400. The number of esters is 1. The summed E-state index contributed by atoms with van der Waals surface area (Å²) in [6, 6.07) is 31.7. The number of rotatable bonds is 14. The van der Waals surface area contributed by atoms with Gasteiger partial charge in [0.2, 0.25) is 11.5 Å². The third kappa shape index (κ3) is 8.90. The van der Waals surface area contributed by atoms with E-state index in [2.05, 4.69) is 15.2 Å². The molecule has 12 heteroatoms. The molecule has 62 heavy (non-hydrogen) atoms. The minimum atomic E-state index is -0.862. The van der Waals surface area contributed by atoms with Crippen molar-refractivity contribution in [2.45, 2.75) is 75.8 Å². The number of aliphatic hydroxyl groups excluding tert-OH is 1. The molecule has 4 N–H and O–H groups in total. The Kier molecular flexibility index (Phi) is 12.0. The van der Waals surface area contributed by atoms with Gasteiger partial charge in [-0.1, -0.05) is 72.8 Å². The van der Waals surface area contributed by atoms with Gasteiger partial charge in [-0.25, -0.2) is 0 Å². The Labute approximate surface area is 361 Å². The first-order valence-corrected chi connectivity index (χ1v) is 22.1. The molecule has 12 nitrogen and oxygen atoms in total. The summed E-state index contributed by atoms with van der Waals surface area (Å²) >= 11 is 0. The van der Waals surface area contributed by atoms with Gasteiger partial charge in [0.05, 0.1) is 17.0 Å². The Morgan fingerprint density at radius 3 is 2.11 bits per heavy atom. The van der Waals surface area contributed by atoms with Crippen molar-refractivity contribution in [3.63, 3.8) is 0 Å². The zero-order valence-electron chi connectivity index (χ0n) is 35.0. The van der Waals surface area contributed by atoms with Crippen LogP contribution in [-0.4, -0.2) is 93.1 Å². The molecule has 4 aliphatic heterocycles. The van der Waals surface area contributed by atoms with Crippen LogP contribution in [0.1, 0.15) is 82.8 Å². The van der Waals surface area contributed by atoms with Crippen LogP contribution >= 0.6 is 0 Å². The lowest BCUT2D eigenvalue weighted by molar-refractivity contribution is -0.168. The highest BCUT2D eigenvalue weighted by Crippen LogP contribution is 2.40. The zero-order valence-corrected chi connectivity index (χ0v) is 35.0. The largest absolute Gasteiger partial charge is 0.506 e. The lowest BCUT2D eigenvalue weighted by Gasteiger charge is -2.46. The third-order valence-corrected chi connectivity index (χ3v) is 13.6. The molecule has 5 aliphatic rings. The van der Waals surface area contributed by atoms with Crippen molar-refractivity contribution in [3.05, 3.63) is 147 Å². The lowest BCUT2D eigenvalue weighted by Crippen LogP contribution is -2.55. The number of nitrogens with zero attached hydrogens (tertiary/aromatic N) is 3. The van der Waals surface area contributed by atoms with E-state index in [1.807, 2.05) is 88.7 Å². The first-order valence-electron chi connectivity index (χ1n) is 22.1. The Hall–Kier alpha value is -5.82. The van der Waals surface area contributed by atoms with Gasteiger partial charge in [-0.3, -0.25) is 24.1 Å². The number of pyridine rings is 1. The molecule has 4 aromatic carbocycles. The number of hydrogen-bond acceptors (Lipinski definition) is 9. The number of aromatic hydroxyl groups is 1. The predicted octanol–water partition coefficient (Wildman–Crippen LogP) is 5.81. The second-order valence-electron chi connectivity index (χ2n) is 17.7. The highest BCUT2D eigenvalue weighted by Gasteiger charge is 2.47. The lowest BCUT2D eigenvalue weighted by atomic mass is 9.72. The van der Waals surface area contributed by atoms with Crippen molar-refractivity contribution in [2.75, 3.05) is 39.3 Å². The molecule has 322 valence electrons. The van der Waals surface area contributed by atoms with Gasteiger partial charge in [-0.05, 0) is 110 Å². The number of aromatic nitrogens is 1. The van der Waals surface area contributed by atoms with Crippen LogP contribution in [0.15, 0.2) is 108 Å². The van der Waals surface area contributed by atoms with Crippen molar-refractivity contribution in [2.24, 2.45) is 11.8 Å². The number of phenolic OH excluding ortho intramolecular Hbond substituents is 1. The smallest absolute Gasteiger partial charge is 0.317 e. The van der Waals surface area contributed by atoms with E-state index in [-0.39, 0.29) is 47.7 Å². The van der Waals surface area contributed by atoms with E-state index in [0.717, 1.165) is 67.6 Å². The third-order valence-electron chi connectivity index (χ3n) is 13.6. The van der Waals surface area contributed by atoms with E-state index in [1.165, 1.54) is 12.1 Å². The zero-order chi connectivity index (χ0) is 42.8. The number of aliphatic hydroxyl groups is 1. The van der Waals surface area contributed by atoms with Gasteiger partial charge in [-0.15, -0.1) is 0 Å². The van der Waals surface area contributed by atoms with Gasteiger partial charge in [0.25, 0.3) is 5.91 Å². The number of aromatic amines is 1. The van der Waals surface area contributed by atoms with Crippen LogP contribution in [0.4, 0.5) is 0 Å². The highest BCUT2D eigenvalue weighted by molar-refractivity contribution is 5.95. The summed E-state index contributed by atoms with van der Waals surface area (Å²) in [7, 11) is 0. The average Bonchev–Trinajstić information content (AvgIpc) is 4.16. The van der Waals surface area contributed by atoms with Crippen LogP contribution in [0.3, 0.4) is 0 Å². The van der Waals surface area contributed by atoms with Gasteiger partial charge in [0.15, 0.2) is 0 Å². The number of hydrogen-bond donors (Lipinski definition) is 4. The number of phenols is 1. The molecule has 5 fully saturated rings. The van der Waals surface area contributed by atoms with Crippen molar-refractivity contribution in [1.82, 2.24) is 25.0 Å². The molecule has 5 heterocycles. The number of ether oxygens (including phenoxy) is 1. The average molecular weight is 838 g/mol. The normalized spacial score (nSPS) is 21.0. The summed E-state index contributed by atoms with van der Waals surface area (Å²) in [6.07, 6.45) is 4.02. The van der Waals surface area contributed by atoms with Gasteiger partial charge in [0, 0.05) is 68.7 Å². The number of nitrogens with one attached hydrogen (secondary N) is 2. The summed E-state index contributed by atoms with van der Waals surface area (Å²) in [5, 5.41) is 25.0. The van der Waals surface area contributed by atoms with Crippen LogP contribution in [0, 0.1) is 11.8 Å². The number of carbonyl (C=O) groups is 3. The summed E-state index contributed by atoms with van der Waals surface area (Å²) in [5.41, 5.74) is 4.29. The van der Waals surface area contributed by atoms with Gasteiger partial charge in [0.1, 0.15) is 11.9 Å². The molecule has 2 amide bonds. The summed E-state index contributed by atoms with van der Waals surface area (Å²) < 4.78 is 6.34. The van der Waals surface area contributed by atoms with Gasteiger partial charge < -0.3 is 35.1 Å². The van der Waals surface area contributed by atoms with Crippen molar-refractivity contribution >= 4 is 28.7 Å². The molecule has 0 radical (unpaired) electrons. The molecule has 10 rings (SSSR count). The molecule has 1 unspecified atom stereocenters. The number of benzene rings is 4. The standard InChI is InChI=1S/C50H55N5O7/c56-42-18-16-40(41-17-19-45(58)52-46(41)42)43(57)29-51-28-33-6-8-34(9-7-33)30-55(48(60)38-14-15-38)31-35-10-12-37(13-11-35)47(59)54-26-22-50(23-27-54,39-4-2-1-3-5-39)49(61)62-44-32-53-24-20-36(44)21-25-53/h1-13,16-19,36,38,43-44,51,56-57H,14-15,20-32H2,(H,52,58)/t43?,44-/m0/s1. The molecule has 0 spiro atoms. The second kappa shape index (κ2) is 17.9. The quantitative estimate of drug-likeness (QED) is 0.102. The molecule has 1 saturated carbocycles. The summed E-state index contributed by atoms with van der Waals surface area (Å²) in [5.74, 6) is 0.332. The maximum Gasteiger partial charge on any atom is 0.317 e. The first kappa shape index (κ1) is 41.5. The van der Waals surface area contributed by atoms with Gasteiger partial charge >= 0.3 is 5.97 Å². The molecular weight excluding hydrogens is 783 g/mol. The number of H-pyrrole nitrogens is 1. The van der Waals surface area contributed by atoms with E-state index in [1.54, 1.807) is 12.1 Å². The summed E-state index contributed by atoms with van der Waals surface area (Å²) in [6.45, 7) is 5.53. The number of amides is 2. The molecular formula is C50H55N5O7. The minimum absolute atomic E-state index is 0.0478. The van der Waals surface area contributed by atoms with E-state index in [4.69, 9.17) is 4.74 Å². The van der Waals surface area contributed by atoms with Crippen LogP contribution in [0.2, 0.25) is 0 Å². The van der Waals surface area contributed by atoms with Gasteiger partial charge in [-0.2, -0.15) is 0 Å². The van der Waals surface area contributed by atoms with E-state index in [9.17, 15) is 29.4 Å². The molecule has 2 bridgehead atoms. The van der Waals surface area contributed by atoms with E-state index in [0.29, 0.717) is 73.5 Å². The maximum absolute atomic E-state index is 14.1. The number of likely N-dealkylation sites (tertiary alicyclic amines) is 1. The van der Waals surface area contributed by atoms with Crippen molar-refractivity contribution in [3.8, 4) is 5.75 Å². The number of fused-ring (bicyclic) bond motifs is 4. The highest BCUT2D eigenvalue weighted by atomic mass is 16.5. The van der Waals surface area contributed by atoms with E-state index < -0.39 is 11.5 Å². The minimum Gasteiger partial charge on any atom is -0.506 e. The molecule has 2 atom stereocenters. The molecule has 1 aromatic heterocycles. The van der Waals surface area contributed by atoms with Crippen LogP contribution in [0.5, 0.6) is 5.75 Å². The Morgan fingerprint density at radius 2 is 1.47 bits per heavy atom. The van der Waals surface area contributed by atoms with Crippen molar-refractivity contribution < 1.29 is 29.3 Å². The molecule has 1 aliphatic carbocycles. The fourth-order valence-electron chi connectivity index (χ4n) is 9.71. The first-order chi connectivity index (χ1) is 30.1. The number of carbonyl (C=O) groups excluding carboxylic acids is 3. The Morgan fingerprint density at radius 1 is 0.806 bits per heavy atom. The molecule has 4 saturated heterocycles. The second-order valence-corrected chi connectivity index (χ2v) is 17.7. The topological polar surface area (TPSA) is 156 Å². The predicted molar refractivity (Wildman–Crippen MR) is 235 cm³/mol. The molecule has 5 aromatic rings. The summed E-state index contributed by atoms with van der Waals surface area (Å²) in [4.78, 5) is 62.0. The van der Waals surface area contributed by atoms with Crippen LogP contribution in [-0.2, 0) is 39.4 Å². The van der Waals surface area contributed by atoms with E-state index >= 15 is 0 Å². The monoisotopic (exact) mass is 837 g/mol. The van der Waals surface area contributed by atoms with Crippen LogP contribution < -0.4 is 10.9 Å². The SMILES string of the molecule is O=C(c1ccc(CN(Cc2ccc(CNCC(O)c3ccc(O)c4[nH]c(=O)ccc34)cc2)C(=O)C2CC2)cc1)N1CCC(C(=O)O[C@H]2CN3CCC2CC3)(c2ccccc2)CC1. The Balaban J connectivity index is 0.796. The fourth-order valence-corrected chi connectivity index (χ4v) is 9.71.